The fourth-order valence-corrected chi connectivity index (χ4v) is 2.73. The summed E-state index contributed by atoms with van der Waals surface area (Å²) in [4.78, 5) is 11.7. The van der Waals surface area contributed by atoms with E-state index in [1.807, 2.05) is 37.5 Å². The van der Waals surface area contributed by atoms with Crippen LogP contribution in [0.4, 0.5) is 0 Å². The standard InChI is InChI=1S/C15H20N4OS/c1-10(2)16-14(20)9-21-15-18-17-12(4)19(15)13-7-5-11(3)6-8-13/h5-8,10H,9H2,1-4H3,(H,16,20). The van der Waals surface area contributed by atoms with Crippen molar-refractivity contribution in [2.45, 2.75) is 38.9 Å². The quantitative estimate of drug-likeness (QED) is 0.862. The van der Waals surface area contributed by atoms with Crippen LogP contribution in [0.1, 0.15) is 25.2 Å². The van der Waals surface area contributed by atoms with Crippen LogP contribution >= 0.6 is 11.8 Å². The molecule has 1 aromatic heterocycles. The highest BCUT2D eigenvalue weighted by atomic mass is 32.2. The van der Waals surface area contributed by atoms with E-state index in [1.165, 1.54) is 17.3 Å². The lowest BCUT2D eigenvalue weighted by atomic mass is 10.2. The zero-order valence-corrected chi connectivity index (χ0v) is 13.6. The van der Waals surface area contributed by atoms with Crippen molar-refractivity contribution in [3.8, 4) is 5.69 Å². The fourth-order valence-electron chi connectivity index (χ4n) is 1.92. The van der Waals surface area contributed by atoms with Gasteiger partial charge in [0.2, 0.25) is 5.91 Å². The Morgan fingerprint density at radius 1 is 1.24 bits per heavy atom. The van der Waals surface area contributed by atoms with Gasteiger partial charge in [0.05, 0.1) is 5.75 Å². The molecular formula is C15H20N4OS. The van der Waals surface area contributed by atoms with Crippen molar-refractivity contribution in [3.05, 3.63) is 35.7 Å². The van der Waals surface area contributed by atoms with Gasteiger partial charge in [-0.25, -0.2) is 0 Å². The van der Waals surface area contributed by atoms with Crippen LogP contribution in [-0.2, 0) is 4.79 Å². The van der Waals surface area contributed by atoms with E-state index in [0.717, 1.165) is 16.7 Å². The lowest BCUT2D eigenvalue weighted by Gasteiger charge is -2.10. The fraction of sp³-hybridized carbons (Fsp3) is 0.400. The van der Waals surface area contributed by atoms with Crippen molar-refractivity contribution >= 4 is 17.7 Å². The van der Waals surface area contributed by atoms with Gasteiger partial charge in [0, 0.05) is 11.7 Å². The second kappa shape index (κ2) is 6.76. The maximum Gasteiger partial charge on any atom is 0.230 e. The molecule has 0 saturated carbocycles. The molecule has 2 rings (SSSR count). The van der Waals surface area contributed by atoms with Gasteiger partial charge in [-0.1, -0.05) is 29.5 Å². The van der Waals surface area contributed by atoms with E-state index in [4.69, 9.17) is 0 Å². The number of benzene rings is 1. The molecule has 1 aromatic carbocycles. The molecule has 5 nitrogen and oxygen atoms in total. The second-order valence-corrected chi connectivity index (χ2v) is 6.15. The molecule has 1 amide bonds. The third-order valence-corrected chi connectivity index (χ3v) is 3.80. The lowest BCUT2D eigenvalue weighted by molar-refractivity contribution is -0.119. The van der Waals surface area contributed by atoms with Gasteiger partial charge in [-0.2, -0.15) is 0 Å². The second-order valence-electron chi connectivity index (χ2n) is 5.21. The first-order valence-electron chi connectivity index (χ1n) is 6.88. The summed E-state index contributed by atoms with van der Waals surface area (Å²) in [6.45, 7) is 7.85. The molecule has 6 heteroatoms. The Hall–Kier alpha value is -1.82. The summed E-state index contributed by atoms with van der Waals surface area (Å²) in [5.74, 6) is 1.15. The Labute approximate surface area is 129 Å². The molecule has 0 atom stereocenters. The number of thioether (sulfide) groups is 1. The molecule has 1 N–H and O–H groups in total. The number of nitrogens with zero attached hydrogens (tertiary/aromatic N) is 3. The van der Waals surface area contributed by atoms with Crippen molar-refractivity contribution < 1.29 is 4.79 Å². The number of nitrogens with one attached hydrogen (secondary N) is 1. The van der Waals surface area contributed by atoms with Gasteiger partial charge in [-0.3, -0.25) is 9.36 Å². The van der Waals surface area contributed by atoms with Crippen LogP contribution in [0.5, 0.6) is 0 Å². The molecule has 0 unspecified atom stereocenters. The first-order valence-corrected chi connectivity index (χ1v) is 7.87. The van der Waals surface area contributed by atoms with E-state index in [2.05, 4.69) is 34.6 Å². The van der Waals surface area contributed by atoms with Crippen molar-refractivity contribution in [2.75, 3.05) is 5.75 Å². The molecule has 1 heterocycles. The third-order valence-electron chi connectivity index (χ3n) is 2.87. The maximum absolute atomic E-state index is 11.7. The predicted molar refractivity (Wildman–Crippen MR) is 84.8 cm³/mol. The minimum atomic E-state index is 0.00566. The number of hydrogen-bond donors (Lipinski definition) is 1. The zero-order chi connectivity index (χ0) is 15.4. The molecular weight excluding hydrogens is 284 g/mol. The van der Waals surface area contributed by atoms with Crippen molar-refractivity contribution in [2.24, 2.45) is 0 Å². The molecule has 0 spiro atoms. The molecule has 0 aliphatic carbocycles. The molecule has 0 radical (unpaired) electrons. The van der Waals surface area contributed by atoms with E-state index >= 15 is 0 Å². The highest BCUT2D eigenvalue weighted by Gasteiger charge is 2.13. The van der Waals surface area contributed by atoms with E-state index in [0.29, 0.717) is 5.75 Å². The highest BCUT2D eigenvalue weighted by molar-refractivity contribution is 7.99. The lowest BCUT2D eigenvalue weighted by Crippen LogP contribution is -2.31. The molecule has 0 fully saturated rings. The molecule has 112 valence electrons. The van der Waals surface area contributed by atoms with E-state index in [-0.39, 0.29) is 11.9 Å². The molecule has 0 saturated heterocycles. The average Bonchev–Trinajstić information content (AvgIpc) is 2.78. The largest absolute Gasteiger partial charge is 0.353 e. The van der Waals surface area contributed by atoms with Crippen LogP contribution < -0.4 is 5.32 Å². The van der Waals surface area contributed by atoms with Gasteiger partial charge in [-0.05, 0) is 39.8 Å². The summed E-state index contributed by atoms with van der Waals surface area (Å²) in [6.07, 6.45) is 0. The Kier molecular flexibility index (Phi) is 5.01. The monoisotopic (exact) mass is 304 g/mol. The minimum Gasteiger partial charge on any atom is -0.353 e. The Morgan fingerprint density at radius 3 is 2.52 bits per heavy atom. The SMILES string of the molecule is Cc1ccc(-n2c(C)nnc2SCC(=O)NC(C)C)cc1. The smallest absolute Gasteiger partial charge is 0.230 e. The van der Waals surface area contributed by atoms with Gasteiger partial charge in [-0.15, -0.1) is 10.2 Å². The number of aryl methyl sites for hydroxylation is 2. The van der Waals surface area contributed by atoms with Crippen LogP contribution in [-0.4, -0.2) is 32.5 Å². The van der Waals surface area contributed by atoms with Gasteiger partial charge in [0.1, 0.15) is 5.82 Å². The van der Waals surface area contributed by atoms with Gasteiger partial charge in [0.25, 0.3) is 0 Å². The number of carbonyl (C=O) groups is 1. The Morgan fingerprint density at radius 2 is 1.90 bits per heavy atom. The molecule has 21 heavy (non-hydrogen) atoms. The molecule has 2 aromatic rings. The number of amides is 1. The van der Waals surface area contributed by atoms with Gasteiger partial charge in [0.15, 0.2) is 5.16 Å². The first kappa shape index (κ1) is 15.6. The van der Waals surface area contributed by atoms with Crippen LogP contribution in [0.2, 0.25) is 0 Å². The minimum absolute atomic E-state index is 0.00566. The Balaban J connectivity index is 2.15. The summed E-state index contributed by atoms with van der Waals surface area (Å²) in [6, 6.07) is 8.31. The van der Waals surface area contributed by atoms with Crippen LogP contribution in [0, 0.1) is 13.8 Å². The van der Waals surface area contributed by atoms with E-state index in [1.54, 1.807) is 0 Å². The molecule has 0 aliphatic heterocycles. The van der Waals surface area contributed by atoms with Crippen LogP contribution in [0.3, 0.4) is 0 Å². The summed E-state index contributed by atoms with van der Waals surface area (Å²) < 4.78 is 1.97. The highest BCUT2D eigenvalue weighted by Crippen LogP contribution is 2.21. The first-order chi connectivity index (χ1) is 9.97. The summed E-state index contributed by atoms with van der Waals surface area (Å²) >= 11 is 1.39. The van der Waals surface area contributed by atoms with E-state index < -0.39 is 0 Å². The van der Waals surface area contributed by atoms with Crippen LogP contribution in [0.15, 0.2) is 29.4 Å². The maximum atomic E-state index is 11.7. The number of rotatable bonds is 5. The summed E-state index contributed by atoms with van der Waals surface area (Å²) in [7, 11) is 0. The number of carbonyl (C=O) groups excluding carboxylic acids is 1. The van der Waals surface area contributed by atoms with Gasteiger partial charge < -0.3 is 5.32 Å². The molecule has 0 aliphatic rings. The average molecular weight is 304 g/mol. The third kappa shape index (κ3) is 4.07. The zero-order valence-electron chi connectivity index (χ0n) is 12.8. The Bertz CT molecular complexity index is 619. The summed E-state index contributed by atoms with van der Waals surface area (Å²) in [5.41, 5.74) is 2.21. The number of hydrogen-bond acceptors (Lipinski definition) is 4. The van der Waals surface area contributed by atoms with Crippen molar-refractivity contribution in [1.29, 1.82) is 0 Å². The normalized spacial score (nSPS) is 10.9. The predicted octanol–water partition coefficient (Wildman–Crippen LogP) is 2.50. The topological polar surface area (TPSA) is 59.8 Å². The van der Waals surface area contributed by atoms with E-state index in [9.17, 15) is 4.79 Å². The number of aromatic nitrogens is 3. The molecule has 0 bridgehead atoms. The summed E-state index contributed by atoms with van der Waals surface area (Å²) in [5, 5.41) is 11.9. The van der Waals surface area contributed by atoms with Crippen molar-refractivity contribution in [1.82, 2.24) is 20.1 Å². The van der Waals surface area contributed by atoms with Crippen molar-refractivity contribution in [3.63, 3.8) is 0 Å². The van der Waals surface area contributed by atoms with Gasteiger partial charge >= 0.3 is 0 Å². The van der Waals surface area contributed by atoms with Crippen LogP contribution in [0.25, 0.3) is 5.69 Å².